The van der Waals surface area contributed by atoms with Crippen molar-refractivity contribution in [1.29, 1.82) is 0 Å². The van der Waals surface area contributed by atoms with Gasteiger partial charge in [0.15, 0.2) is 0 Å². The number of hydrogen-bond acceptors (Lipinski definition) is 4. The molecule has 1 aromatic carbocycles. The molecule has 5 nitrogen and oxygen atoms in total. The lowest BCUT2D eigenvalue weighted by Crippen LogP contribution is -2.44. The minimum atomic E-state index is -0.0333. The van der Waals surface area contributed by atoms with E-state index in [4.69, 9.17) is 4.98 Å². The second kappa shape index (κ2) is 7.00. The van der Waals surface area contributed by atoms with Crippen molar-refractivity contribution in [3.8, 4) is 0 Å². The summed E-state index contributed by atoms with van der Waals surface area (Å²) in [5.74, 6) is 1.18. The molecule has 1 amide bonds. The second-order valence-corrected chi connectivity index (χ2v) is 7.14. The standard InChI is InChI=1S/C20H25N3O2/c24-14-17-12-15-6-1-2-8-18(15)21-19(17)23-11-5-7-16(13-23)20(25)22-9-3-4-10-22/h1-2,6,8,12,16,24H,3-5,7,9-11,13-14H2/t16-/m1/s1. The van der Waals surface area contributed by atoms with Gasteiger partial charge in [0.05, 0.1) is 18.0 Å². The SMILES string of the molecule is O=C([C@@H]1CCCN(c2nc3ccccc3cc2CO)C1)N1CCCC1. The number of likely N-dealkylation sites (tertiary alicyclic amines) is 1. The molecule has 132 valence electrons. The molecule has 1 aromatic heterocycles. The Morgan fingerprint density at radius 3 is 2.76 bits per heavy atom. The van der Waals surface area contributed by atoms with Crippen molar-refractivity contribution < 1.29 is 9.90 Å². The first-order chi connectivity index (χ1) is 12.3. The van der Waals surface area contributed by atoms with Crippen LogP contribution in [0.4, 0.5) is 5.82 Å². The number of aromatic nitrogens is 1. The molecule has 2 saturated heterocycles. The van der Waals surface area contributed by atoms with Gasteiger partial charge in [-0.15, -0.1) is 0 Å². The number of anilines is 1. The van der Waals surface area contributed by atoms with Gasteiger partial charge in [0.25, 0.3) is 0 Å². The lowest BCUT2D eigenvalue weighted by atomic mass is 9.96. The van der Waals surface area contributed by atoms with E-state index in [1.165, 1.54) is 0 Å². The van der Waals surface area contributed by atoms with Crippen molar-refractivity contribution in [2.75, 3.05) is 31.1 Å². The molecule has 0 saturated carbocycles. The number of rotatable bonds is 3. The first-order valence-electron chi connectivity index (χ1n) is 9.29. The normalized spacial score (nSPS) is 21.1. The topological polar surface area (TPSA) is 56.7 Å². The number of aliphatic hydroxyl groups is 1. The molecule has 25 heavy (non-hydrogen) atoms. The van der Waals surface area contributed by atoms with E-state index < -0.39 is 0 Å². The van der Waals surface area contributed by atoms with Crippen LogP contribution in [0.3, 0.4) is 0 Å². The Bertz CT molecular complexity index is 771. The summed E-state index contributed by atoms with van der Waals surface area (Å²) in [6.45, 7) is 3.38. The number of benzene rings is 1. The van der Waals surface area contributed by atoms with Crippen LogP contribution in [0.5, 0.6) is 0 Å². The maximum atomic E-state index is 12.8. The van der Waals surface area contributed by atoms with E-state index in [0.29, 0.717) is 12.5 Å². The number of amides is 1. The number of carbonyl (C=O) groups is 1. The lowest BCUT2D eigenvalue weighted by molar-refractivity contribution is -0.134. The summed E-state index contributed by atoms with van der Waals surface area (Å²) in [5, 5.41) is 10.9. The molecular weight excluding hydrogens is 314 g/mol. The van der Waals surface area contributed by atoms with Crippen molar-refractivity contribution in [2.45, 2.75) is 32.3 Å². The van der Waals surface area contributed by atoms with Crippen molar-refractivity contribution in [3.05, 3.63) is 35.9 Å². The average molecular weight is 339 g/mol. The van der Waals surface area contributed by atoms with Crippen LogP contribution in [0.1, 0.15) is 31.2 Å². The number of fused-ring (bicyclic) bond motifs is 1. The predicted molar refractivity (Wildman–Crippen MR) is 98.4 cm³/mol. The molecule has 1 atom stereocenters. The fourth-order valence-corrected chi connectivity index (χ4v) is 4.11. The summed E-state index contributed by atoms with van der Waals surface area (Å²) in [4.78, 5) is 21.8. The monoisotopic (exact) mass is 339 g/mol. The third-order valence-electron chi connectivity index (χ3n) is 5.44. The van der Waals surface area contributed by atoms with Gasteiger partial charge < -0.3 is 14.9 Å². The summed E-state index contributed by atoms with van der Waals surface area (Å²) in [6.07, 6.45) is 4.20. The third kappa shape index (κ3) is 3.21. The first-order valence-corrected chi connectivity index (χ1v) is 9.29. The highest BCUT2D eigenvalue weighted by molar-refractivity contribution is 5.83. The van der Waals surface area contributed by atoms with Crippen molar-refractivity contribution >= 4 is 22.6 Å². The van der Waals surface area contributed by atoms with Crippen LogP contribution in [-0.4, -0.2) is 47.1 Å². The van der Waals surface area contributed by atoms with Crippen LogP contribution in [0.2, 0.25) is 0 Å². The summed E-state index contributed by atoms with van der Waals surface area (Å²) >= 11 is 0. The summed E-state index contributed by atoms with van der Waals surface area (Å²) < 4.78 is 0. The Balaban J connectivity index is 1.60. The van der Waals surface area contributed by atoms with Crippen molar-refractivity contribution in [3.63, 3.8) is 0 Å². The number of hydrogen-bond donors (Lipinski definition) is 1. The van der Waals surface area contributed by atoms with E-state index in [0.717, 1.165) is 67.6 Å². The zero-order chi connectivity index (χ0) is 17.2. The number of para-hydroxylation sites is 1. The zero-order valence-corrected chi connectivity index (χ0v) is 14.5. The smallest absolute Gasteiger partial charge is 0.227 e. The van der Waals surface area contributed by atoms with Gasteiger partial charge in [-0.2, -0.15) is 0 Å². The Morgan fingerprint density at radius 1 is 1.16 bits per heavy atom. The second-order valence-electron chi connectivity index (χ2n) is 7.14. The predicted octanol–water partition coefficient (Wildman–Crippen LogP) is 2.57. The maximum absolute atomic E-state index is 12.8. The Morgan fingerprint density at radius 2 is 1.96 bits per heavy atom. The van der Waals surface area contributed by atoms with Gasteiger partial charge in [-0.05, 0) is 37.8 Å². The van der Waals surface area contributed by atoms with Gasteiger partial charge in [-0.3, -0.25) is 4.79 Å². The molecule has 4 rings (SSSR count). The number of piperidine rings is 1. The molecule has 2 aromatic rings. The molecule has 0 radical (unpaired) electrons. The lowest BCUT2D eigenvalue weighted by Gasteiger charge is -2.35. The quantitative estimate of drug-likeness (QED) is 0.934. The summed E-state index contributed by atoms with van der Waals surface area (Å²) in [7, 11) is 0. The Labute approximate surface area is 148 Å². The van der Waals surface area contributed by atoms with E-state index in [-0.39, 0.29) is 12.5 Å². The van der Waals surface area contributed by atoms with Gasteiger partial charge in [0.2, 0.25) is 5.91 Å². The summed E-state index contributed by atoms with van der Waals surface area (Å²) in [5.41, 5.74) is 1.77. The molecule has 1 N–H and O–H groups in total. The number of pyridine rings is 1. The van der Waals surface area contributed by atoms with Crippen LogP contribution < -0.4 is 4.90 Å². The highest BCUT2D eigenvalue weighted by Gasteiger charge is 2.31. The van der Waals surface area contributed by atoms with Crippen molar-refractivity contribution in [1.82, 2.24) is 9.88 Å². The van der Waals surface area contributed by atoms with Gasteiger partial charge in [-0.1, -0.05) is 18.2 Å². The van der Waals surface area contributed by atoms with Crippen LogP contribution in [0.15, 0.2) is 30.3 Å². The molecule has 2 fully saturated rings. The van der Waals surface area contributed by atoms with Crippen LogP contribution in [0, 0.1) is 5.92 Å². The van der Waals surface area contributed by atoms with Gasteiger partial charge in [0.1, 0.15) is 5.82 Å². The number of aliphatic hydroxyl groups excluding tert-OH is 1. The number of carbonyl (C=O) groups excluding carboxylic acids is 1. The van der Waals surface area contributed by atoms with Gasteiger partial charge >= 0.3 is 0 Å². The van der Waals surface area contributed by atoms with Crippen LogP contribution in [0.25, 0.3) is 10.9 Å². The third-order valence-corrected chi connectivity index (χ3v) is 5.44. The average Bonchev–Trinajstić information content (AvgIpc) is 3.21. The molecule has 5 heteroatoms. The van der Waals surface area contributed by atoms with E-state index >= 15 is 0 Å². The van der Waals surface area contributed by atoms with E-state index in [1.807, 2.05) is 35.2 Å². The highest BCUT2D eigenvalue weighted by atomic mass is 16.3. The Hall–Kier alpha value is -2.14. The zero-order valence-electron chi connectivity index (χ0n) is 14.5. The fraction of sp³-hybridized carbons (Fsp3) is 0.500. The maximum Gasteiger partial charge on any atom is 0.227 e. The van der Waals surface area contributed by atoms with Crippen LogP contribution >= 0.6 is 0 Å². The van der Waals surface area contributed by atoms with E-state index in [2.05, 4.69) is 4.90 Å². The first kappa shape index (κ1) is 16.3. The Kier molecular flexibility index (Phi) is 4.57. The van der Waals surface area contributed by atoms with E-state index in [1.54, 1.807) is 0 Å². The molecule has 0 bridgehead atoms. The van der Waals surface area contributed by atoms with Crippen molar-refractivity contribution in [2.24, 2.45) is 5.92 Å². The van der Waals surface area contributed by atoms with E-state index in [9.17, 15) is 9.90 Å². The fourth-order valence-electron chi connectivity index (χ4n) is 4.11. The summed E-state index contributed by atoms with van der Waals surface area (Å²) in [6, 6.07) is 9.99. The van der Waals surface area contributed by atoms with Gasteiger partial charge in [0, 0.05) is 37.1 Å². The molecule has 0 aliphatic carbocycles. The molecule has 3 heterocycles. The molecular formula is C20H25N3O2. The number of nitrogens with zero attached hydrogens (tertiary/aromatic N) is 3. The van der Waals surface area contributed by atoms with Crippen LogP contribution in [-0.2, 0) is 11.4 Å². The molecule has 0 unspecified atom stereocenters. The minimum Gasteiger partial charge on any atom is -0.392 e. The van der Waals surface area contributed by atoms with Gasteiger partial charge in [-0.25, -0.2) is 4.98 Å². The largest absolute Gasteiger partial charge is 0.392 e. The molecule has 2 aliphatic rings. The molecule has 2 aliphatic heterocycles. The minimum absolute atomic E-state index is 0.0333. The highest BCUT2D eigenvalue weighted by Crippen LogP contribution is 2.29. The molecule has 0 spiro atoms.